The Morgan fingerprint density at radius 3 is 2.56 bits per heavy atom. The first-order valence-electron chi connectivity index (χ1n) is 5.56. The third-order valence-corrected chi connectivity index (χ3v) is 3.35. The van der Waals surface area contributed by atoms with Gasteiger partial charge in [-0.15, -0.1) is 0 Å². The Kier molecular flexibility index (Phi) is 5.01. The molecular weight excluding hydrogens is 254 g/mol. The molecule has 0 radical (unpaired) electrons. The van der Waals surface area contributed by atoms with Gasteiger partial charge in [0.15, 0.2) is 0 Å². The van der Waals surface area contributed by atoms with Crippen molar-refractivity contribution >= 4 is 15.8 Å². The molecule has 0 aliphatic rings. The van der Waals surface area contributed by atoms with Crippen LogP contribution in [0, 0.1) is 0 Å². The number of primary sulfonamides is 1. The van der Waals surface area contributed by atoms with E-state index < -0.39 is 10.0 Å². The van der Waals surface area contributed by atoms with Gasteiger partial charge in [0.25, 0.3) is 0 Å². The van der Waals surface area contributed by atoms with Gasteiger partial charge in [-0.2, -0.15) is 0 Å². The topological polar surface area (TPSA) is 86.5 Å². The molecule has 0 atom stereocenters. The zero-order valence-electron chi connectivity index (χ0n) is 10.5. The second-order valence-corrected chi connectivity index (χ2v) is 5.53. The Morgan fingerprint density at radius 2 is 2.06 bits per heavy atom. The van der Waals surface area contributed by atoms with E-state index >= 15 is 0 Å². The SMILES string of the molecule is CCOCc1ccc(CC(C)=O)cc1S(N)(=O)=O. The van der Waals surface area contributed by atoms with Crippen LogP contribution in [0.2, 0.25) is 0 Å². The van der Waals surface area contributed by atoms with Crippen molar-refractivity contribution in [3.63, 3.8) is 0 Å². The van der Waals surface area contributed by atoms with Crippen LogP contribution in [0.25, 0.3) is 0 Å². The fourth-order valence-corrected chi connectivity index (χ4v) is 2.40. The highest BCUT2D eigenvalue weighted by molar-refractivity contribution is 7.89. The highest BCUT2D eigenvalue weighted by atomic mass is 32.2. The van der Waals surface area contributed by atoms with Crippen LogP contribution in [0.3, 0.4) is 0 Å². The molecule has 2 N–H and O–H groups in total. The van der Waals surface area contributed by atoms with E-state index in [9.17, 15) is 13.2 Å². The monoisotopic (exact) mass is 271 g/mol. The molecule has 0 amide bonds. The zero-order chi connectivity index (χ0) is 13.8. The molecule has 0 saturated heterocycles. The molecule has 1 rings (SSSR count). The Hall–Kier alpha value is -1.24. The summed E-state index contributed by atoms with van der Waals surface area (Å²) in [5, 5.41) is 5.16. The number of hydrogen-bond acceptors (Lipinski definition) is 4. The minimum atomic E-state index is -3.81. The molecule has 0 saturated carbocycles. The van der Waals surface area contributed by atoms with Gasteiger partial charge in [-0.25, -0.2) is 13.6 Å². The summed E-state index contributed by atoms with van der Waals surface area (Å²) in [6.07, 6.45) is 0.192. The van der Waals surface area contributed by atoms with E-state index in [2.05, 4.69) is 0 Å². The van der Waals surface area contributed by atoms with Crippen LogP contribution in [0.5, 0.6) is 0 Å². The lowest BCUT2D eigenvalue weighted by Crippen LogP contribution is -2.16. The molecular formula is C12H17NO4S. The molecule has 0 aliphatic heterocycles. The molecule has 0 aliphatic carbocycles. The summed E-state index contributed by atoms with van der Waals surface area (Å²) in [4.78, 5) is 11.0. The van der Waals surface area contributed by atoms with Crippen LogP contribution in [0.1, 0.15) is 25.0 Å². The number of hydrogen-bond donors (Lipinski definition) is 1. The predicted octanol–water partition coefficient (Wildman–Crippen LogP) is 1.00. The third-order valence-electron chi connectivity index (χ3n) is 2.35. The number of ketones is 1. The van der Waals surface area contributed by atoms with E-state index in [4.69, 9.17) is 9.88 Å². The summed E-state index contributed by atoms with van der Waals surface area (Å²) in [5.41, 5.74) is 1.14. The van der Waals surface area contributed by atoms with Gasteiger partial charge in [0, 0.05) is 13.0 Å². The molecule has 1 aromatic rings. The normalized spacial score (nSPS) is 11.5. The third kappa shape index (κ3) is 4.21. The van der Waals surface area contributed by atoms with Gasteiger partial charge in [-0.1, -0.05) is 12.1 Å². The molecule has 0 aromatic heterocycles. The molecule has 18 heavy (non-hydrogen) atoms. The van der Waals surface area contributed by atoms with Gasteiger partial charge in [-0.05, 0) is 31.0 Å². The van der Waals surface area contributed by atoms with Crippen molar-refractivity contribution in [1.29, 1.82) is 0 Å². The van der Waals surface area contributed by atoms with Gasteiger partial charge in [0.2, 0.25) is 10.0 Å². The first-order chi connectivity index (χ1) is 8.34. The second-order valence-electron chi connectivity index (χ2n) is 4.00. The van der Waals surface area contributed by atoms with Gasteiger partial charge in [0.1, 0.15) is 5.78 Å². The van der Waals surface area contributed by atoms with E-state index in [1.807, 2.05) is 6.92 Å². The molecule has 0 fully saturated rings. The van der Waals surface area contributed by atoms with E-state index in [-0.39, 0.29) is 23.7 Å². The molecule has 0 spiro atoms. The maximum atomic E-state index is 11.5. The summed E-state index contributed by atoms with van der Waals surface area (Å²) in [7, 11) is -3.81. The summed E-state index contributed by atoms with van der Waals surface area (Å²) >= 11 is 0. The van der Waals surface area contributed by atoms with Crippen molar-refractivity contribution in [1.82, 2.24) is 0 Å². The first kappa shape index (κ1) is 14.8. The van der Waals surface area contributed by atoms with Crippen molar-refractivity contribution < 1.29 is 17.9 Å². The van der Waals surface area contributed by atoms with Crippen molar-refractivity contribution in [2.24, 2.45) is 5.14 Å². The van der Waals surface area contributed by atoms with Crippen molar-refractivity contribution in [2.75, 3.05) is 6.61 Å². The van der Waals surface area contributed by atoms with Gasteiger partial charge in [-0.3, -0.25) is 4.79 Å². The number of carbonyl (C=O) groups is 1. The van der Waals surface area contributed by atoms with E-state index in [0.29, 0.717) is 17.7 Å². The van der Waals surface area contributed by atoms with Crippen LogP contribution < -0.4 is 5.14 Å². The number of nitrogens with two attached hydrogens (primary N) is 1. The predicted molar refractivity (Wildman–Crippen MR) is 67.5 cm³/mol. The van der Waals surface area contributed by atoms with Crippen LogP contribution >= 0.6 is 0 Å². The Labute approximate surface area is 107 Å². The number of sulfonamides is 1. The average Bonchev–Trinajstić information content (AvgIpc) is 2.25. The molecule has 6 heteroatoms. The van der Waals surface area contributed by atoms with E-state index in [0.717, 1.165) is 0 Å². The maximum absolute atomic E-state index is 11.5. The molecule has 100 valence electrons. The minimum absolute atomic E-state index is 0.0229. The highest BCUT2D eigenvalue weighted by Crippen LogP contribution is 2.18. The van der Waals surface area contributed by atoms with Crippen molar-refractivity contribution in [2.45, 2.75) is 31.8 Å². The zero-order valence-corrected chi connectivity index (χ0v) is 11.3. The highest BCUT2D eigenvalue weighted by Gasteiger charge is 2.15. The van der Waals surface area contributed by atoms with E-state index in [1.54, 1.807) is 12.1 Å². The lowest BCUT2D eigenvalue weighted by molar-refractivity contribution is -0.116. The van der Waals surface area contributed by atoms with Gasteiger partial charge < -0.3 is 4.74 Å². The lowest BCUT2D eigenvalue weighted by atomic mass is 10.1. The number of benzene rings is 1. The van der Waals surface area contributed by atoms with Crippen LogP contribution in [0.15, 0.2) is 23.1 Å². The van der Waals surface area contributed by atoms with Crippen LogP contribution in [-0.4, -0.2) is 20.8 Å². The average molecular weight is 271 g/mol. The Balaban J connectivity index is 3.17. The summed E-state index contributed by atoms with van der Waals surface area (Å²) in [6.45, 7) is 3.94. The first-order valence-corrected chi connectivity index (χ1v) is 7.11. The smallest absolute Gasteiger partial charge is 0.238 e. The van der Waals surface area contributed by atoms with Crippen LogP contribution in [0.4, 0.5) is 0 Å². The molecule has 0 unspecified atom stereocenters. The van der Waals surface area contributed by atoms with Gasteiger partial charge >= 0.3 is 0 Å². The summed E-state index contributed by atoms with van der Waals surface area (Å²) in [5.74, 6) is -0.0343. The molecule has 5 nitrogen and oxygen atoms in total. The van der Waals surface area contributed by atoms with E-state index in [1.165, 1.54) is 13.0 Å². The standard InChI is InChI=1S/C12H17NO4S/c1-3-17-8-11-5-4-10(6-9(2)14)7-12(11)18(13,15)16/h4-5,7H,3,6,8H2,1-2H3,(H2,13,15,16). The number of Topliss-reactive ketones (excluding diaryl/α,β-unsaturated/α-hetero) is 1. The van der Waals surface area contributed by atoms with Crippen molar-refractivity contribution in [3.8, 4) is 0 Å². The number of carbonyl (C=O) groups excluding carboxylic acids is 1. The summed E-state index contributed by atoms with van der Waals surface area (Å²) < 4.78 is 28.2. The molecule has 1 aromatic carbocycles. The number of ether oxygens (including phenoxy) is 1. The van der Waals surface area contributed by atoms with Crippen LogP contribution in [-0.2, 0) is 32.6 Å². The molecule has 0 bridgehead atoms. The number of rotatable bonds is 6. The second kappa shape index (κ2) is 6.08. The Bertz CT molecular complexity index is 537. The Morgan fingerprint density at radius 1 is 1.39 bits per heavy atom. The fraction of sp³-hybridized carbons (Fsp3) is 0.417. The summed E-state index contributed by atoms with van der Waals surface area (Å²) in [6, 6.07) is 4.78. The molecule has 0 heterocycles. The van der Waals surface area contributed by atoms with Gasteiger partial charge in [0.05, 0.1) is 11.5 Å². The fourth-order valence-electron chi connectivity index (χ4n) is 1.59. The quantitative estimate of drug-likeness (QED) is 0.836. The maximum Gasteiger partial charge on any atom is 0.238 e. The largest absolute Gasteiger partial charge is 0.377 e. The lowest BCUT2D eigenvalue weighted by Gasteiger charge is -2.09. The van der Waals surface area contributed by atoms with Crippen molar-refractivity contribution in [3.05, 3.63) is 29.3 Å². The minimum Gasteiger partial charge on any atom is -0.377 e.